The number of hydrogen-bond acceptors (Lipinski definition) is 4. The van der Waals surface area contributed by atoms with Gasteiger partial charge in [0.15, 0.2) is 12.4 Å². The Morgan fingerprint density at radius 2 is 1.75 bits per heavy atom. The first kappa shape index (κ1) is 23.8. The summed E-state index contributed by atoms with van der Waals surface area (Å²) in [5.74, 6) is 0.0174. The average molecular weight is 451 g/mol. The first-order valence-electron chi connectivity index (χ1n) is 10.5. The van der Waals surface area contributed by atoms with Crippen LogP contribution in [0, 0.1) is 13.8 Å². The van der Waals surface area contributed by atoms with Crippen molar-refractivity contribution in [3.63, 3.8) is 0 Å². The second kappa shape index (κ2) is 9.77. The van der Waals surface area contributed by atoms with Gasteiger partial charge in [-0.05, 0) is 56.5 Å². The maximum atomic E-state index is 12.7. The van der Waals surface area contributed by atoms with Gasteiger partial charge in [0.2, 0.25) is 0 Å². The summed E-state index contributed by atoms with van der Waals surface area (Å²) in [5.41, 5.74) is 2.95. The van der Waals surface area contributed by atoms with Gasteiger partial charge >= 0.3 is 6.18 Å². The predicted molar refractivity (Wildman–Crippen MR) is 114 cm³/mol. The van der Waals surface area contributed by atoms with Gasteiger partial charge in [-0.1, -0.05) is 12.1 Å². The van der Waals surface area contributed by atoms with E-state index >= 15 is 0 Å². The molecule has 1 aromatic carbocycles. The number of ether oxygens (including phenoxy) is 1. The molecular weight excluding hydrogens is 423 g/mol. The molecule has 0 bridgehead atoms. The first-order chi connectivity index (χ1) is 15.0. The van der Waals surface area contributed by atoms with E-state index in [1.807, 2.05) is 4.90 Å². The summed E-state index contributed by atoms with van der Waals surface area (Å²) in [6, 6.07) is 5.13. The Bertz CT molecular complexity index is 955. The number of aromatic amines is 1. The number of halogens is 3. The summed E-state index contributed by atoms with van der Waals surface area (Å²) >= 11 is 0. The number of H-pyrrole nitrogens is 1. The molecule has 6 nitrogen and oxygen atoms in total. The fraction of sp³-hybridized carbons (Fsp3) is 0.478. The van der Waals surface area contributed by atoms with E-state index in [1.54, 1.807) is 50.2 Å². The number of alkyl halides is 3. The molecule has 1 N–H and O–H groups in total. The predicted octanol–water partition coefficient (Wildman–Crippen LogP) is 4.12. The Labute approximate surface area is 185 Å². The second-order valence-electron chi connectivity index (χ2n) is 8.36. The van der Waals surface area contributed by atoms with Crippen LogP contribution in [0.15, 0.2) is 24.4 Å². The van der Waals surface area contributed by atoms with Crippen molar-refractivity contribution in [2.24, 2.45) is 0 Å². The van der Waals surface area contributed by atoms with Crippen LogP contribution in [0.4, 0.5) is 13.2 Å². The van der Waals surface area contributed by atoms with Crippen LogP contribution < -0.4 is 4.74 Å². The molecule has 1 aromatic heterocycles. The zero-order valence-corrected chi connectivity index (χ0v) is 18.5. The minimum atomic E-state index is -4.39. The molecule has 0 unspecified atom stereocenters. The molecule has 9 heteroatoms. The summed E-state index contributed by atoms with van der Waals surface area (Å²) in [6.45, 7) is 4.13. The maximum absolute atomic E-state index is 12.7. The molecule has 1 aliphatic rings. The highest BCUT2D eigenvalue weighted by molar-refractivity contribution is 6.01. The lowest BCUT2D eigenvalue weighted by Gasteiger charge is -2.19. The molecule has 0 spiro atoms. The quantitative estimate of drug-likeness (QED) is 0.613. The van der Waals surface area contributed by atoms with Crippen molar-refractivity contribution in [3.05, 3.63) is 52.3 Å². The Morgan fingerprint density at radius 1 is 1.12 bits per heavy atom. The van der Waals surface area contributed by atoms with E-state index in [0.717, 1.165) is 31.5 Å². The Balaban J connectivity index is 1.59. The number of nitrogens with one attached hydrogen (secondary N) is 1. The maximum Gasteiger partial charge on any atom is 0.422 e. The van der Waals surface area contributed by atoms with Crippen LogP contribution in [0.5, 0.6) is 5.75 Å². The number of hydrogen-bond donors (Lipinski definition) is 1. The van der Waals surface area contributed by atoms with Crippen molar-refractivity contribution >= 4 is 11.7 Å². The van der Waals surface area contributed by atoms with Crippen molar-refractivity contribution in [2.75, 3.05) is 33.3 Å². The highest BCUT2D eigenvalue weighted by atomic mass is 19.4. The van der Waals surface area contributed by atoms with Gasteiger partial charge in [0.1, 0.15) is 11.4 Å². The van der Waals surface area contributed by atoms with Crippen LogP contribution in [0.2, 0.25) is 0 Å². The van der Waals surface area contributed by atoms with Crippen LogP contribution in [0.3, 0.4) is 0 Å². The molecular formula is C23H28F3N3O3. The highest BCUT2D eigenvalue weighted by Crippen LogP contribution is 2.27. The number of rotatable bonds is 8. The number of ketones is 1. The van der Waals surface area contributed by atoms with Gasteiger partial charge in [-0.15, -0.1) is 0 Å². The smallest absolute Gasteiger partial charge is 0.422 e. The van der Waals surface area contributed by atoms with Crippen LogP contribution in [0.25, 0.3) is 0 Å². The summed E-state index contributed by atoms with van der Waals surface area (Å²) in [4.78, 5) is 31.6. The summed E-state index contributed by atoms with van der Waals surface area (Å²) in [6.07, 6.45) is -0.843. The zero-order chi connectivity index (χ0) is 23.5. The number of benzene rings is 1. The van der Waals surface area contributed by atoms with E-state index in [4.69, 9.17) is 4.74 Å². The molecule has 1 saturated heterocycles. The fourth-order valence-electron chi connectivity index (χ4n) is 3.99. The lowest BCUT2D eigenvalue weighted by atomic mass is 10.0. The number of likely N-dealkylation sites (N-methyl/N-ethyl adjacent to an activating group) is 1. The van der Waals surface area contributed by atoms with Gasteiger partial charge in [0, 0.05) is 31.4 Å². The summed E-state index contributed by atoms with van der Waals surface area (Å²) < 4.78 is 42.3. The third-order valence-corrected chi connectivity index (χ3v) is 5.39. The van der Waals surface area contributed by atoms with E-state index in [2.05, 4.69) is 4.98 Å². The number of amides is 1. The topological polar surface area (TPSA) is 65.6 Å². The number of Topliss-reactive ketones (excluding diaryl/α,β-unsaturated/α-hetero) is 1. The molecule has 174 valence electrons. The fourth-order valence-corrected chi connectivity index (χ4v) is 3.99. The number of carbonyl (C=O) groups is 2. The molecule has 0 radical (unpaired) electrons. The number of carbonyl (C=O) groups excluding carboxylic acids is 2. The number of aryl methyl sites for hydroxylation is 2. The van der Waals surface area contributed by atoms with Crippen LogP contribution in [-0.2, 0) is 6.54 Å². The Morgan fingerprint density at radius 3 is 2.34 bits per heavy atom. The van der Waals surface area contributed by atoms with Crippen LogP contribution >= 0.6 is 0 Å². The van der Waals surface area contributed by atoms with Gasteiger partial charge in [-0.25, -0.2) is 0 Å². The molecule has 1 fully saturated rings. The van der Waals surface area contributed by atoms with Crippen molar-refractivity contribution in [3.8, 4) is 5.75 Å². The van der Waals surface area contributed by atoms with E-state index in [9.17, 15) is 22.8 Å². The molecule has 0 saturated carbocycles. The molecule has 0 aliphatic carbocycles. The number of aromatic nitrogens is 1. The molecule has 2 heterocycles. The molecule has 32 heavy (non-hydrogen) atoms. The molecule has 0 atom stereocenters. The van der Waals surface area contributed by atoms with E-state index in [-0.39, 0.29) is 24.0 Å². The first-order valence-corrected chi connectivity index (χ1v) is 10.5. The lowest BCUT2D eigenvalue weighted by molar-refractivity contribution is -0.153. The second-order valence-corrected chi connectivity index (χ2v) is 8.36. The molecule has 1 amide bonds. The Hall–Kier alpha value is -2.81. The van der Waals surface area contributed by atoms with Crippen molar-refractivity contribution in [1.82, 2.24) is 14.8 Å². The third-order valence-electron chi connectivity index (χ3n) is 5.39. The van der Waals surface area contributed by atoms with Crippen molar-refractivity contribution in [2.45, 2.75) is 39.4 Å². The van der Waals surface area contributed by atoms with Gasteiger partial charge in [-0.3, -0.25) is 14.5 Å². The largest absolute Gasteiger partial charge is 0.484 e. The SMILES string of the molecule is Cc1cc(CN(C)CC(=O)c2c[nH]c(C(=O)N3CCCC3)c2)cc(C)c1OCC(F)(F)F. The average Bonchev–Trinajstić information content (AvgIpc) is 3.38. The van der Waals surface area contributed by atoms with Gasteiger partial charge < -0.3 is 14.6 Å². The van der Waals surface area contributed by atoms with E-state index in [0.29, 0.717) is 28.9 Å². The standard InChI is InChI=1S/C23H28F3N3O3/c1-15-8-17(9-16(2)21(15)32-14-23(24,25)26)12-28(3)13-20(30)18-10-19(27-11-18)22(31)29-6-4-5-7-29/h8-11,27H,4-7,12-14H2,1-3H3. The van der Waals surface area contributed by atoms with Gasteiger partial charge in [-0.2, -0.15) is 13.2 Å². The third kappa shape index (κ3) is 6.12. The molecule has 3 rings (SSSR count). The van der Waals surface area contributed by atoms with Gasteiger partial charge in [0.05, 0.1) is 6.54 Å². The summed E-state index contributed by atoms with van der Waals surface area (Å²) in [7, 11) is 1.79. The van der Waals surface area contributed by atoms with Crippen molar-refractivity contribution < 1.29 is 27.5 Å². The monoisotopic (exact) mass is 451 g/mol. The van der Waals surface area contributed by atoms with Gasteiger partial charge in [0.25, 0.3) is 5.91 Å². The summed E-state index contributed by atoms with van der Waals surface area (Å²) in [5, 5.41) is 0. The number of likely N-dealkylation sites (tertiary alicyclic amines) is 1. The van der Waals surface area contributed by atoms with Crippen LogP contribution in [0.1, 0.15) is 50.4 Å². The van der Waals surface area contributed by atoms with Crippen LogP contribution in [-0.4, -0.2) is 65.9 Å². The molecule has 2 aromatic rings. The normalized spacial score (nSPS) is 14.3. The molecule has 1 aliphatic heterocycles. The minimum Gasteiger partial charge on any atom is -0.484 e. The lowest BCUT2D eigenvalue weighted by Crippen LogP contribution is -2.28. The Kier molecular flexibility index (Phi) is 7.28. The highest BCUT2D eigenvalue weighted by Gasteiger charge is 2.29. The zero-order valence-electron chi connectivity index (χ0n) is 18.5. The van der Waals surface area contributed by atoms with E-state index < -0.39 is 12.8 Å². The number of nitrogens with zero attached hydrogens (tertiary/aromatic N) is 2. The van der Waals surface area contributed by atoms with Crippen molar-refractivity contribution in [1.29, 1.82) is 0 Å². The minimum absolute atomic E-state index is 0.0892. The van der Waals surface area contributed by atoms with E-state index in [1.165, 1.54) is 0 Å².